The van der Waals surface area contributed by atoms with Crippen LogP contribution in [0.2, 0.25) is 5.02 Å². The van der Waals surface area contributed by atoms with Gasteiger partial charge in [0.25, 0.3) is 5.91 Å². The van der Waals surface area contributed by atoms with Crippen molar-refractivity contribution >= 4 is 23.2 Å². The van der Waals surface area contributed by atoms with Crippen LogP contribution in [0.5, 0.6) is 0 Å². The van der Waals surface area contributed by atoms with Crippen LogP contribution in [0.3, 0.4) is 0 Å². The third kappa shape index (κ3) is 4.81. The van der Waals surface area contributed by atoms with Gasteiger partial charge >= 0.3 is 0 Å². The Balaban J connectivity index is 1.41. The van der Waals surface area contributed by atoms with Crippen LogP contribution in [0.4, 0.5) is 5.69 Å². The Morgan fingerprint density at radius 2 is 1.79 bits per heavy atom. The van der Waals surface area contributed by atoms with Crippen molar-refractivity contribution in [2.24, 2.45) is 0 Å². The van der Waals surface area contributed by atoms with Gasteiger partial charge < -0.3 is 14.6 Å². The van der Waals surface area contributed by atoms with E-state index in [9.17, 15) is 4.79 Å². The molecule has 0 spiro atoms. The molecular formula is C23H24ClN3O2. The molecule has 29 heavy (non-hydrogen) atoms. The molecule has 2 aromatic carbocycles. The smallest absolute Gasteiger partial charge is 0.251 e. The molecular weight excluding hydrogens is 386 g/mol. The van der Waals surface area contributed by atoms with Gasteiger partial charge in [-0.15, -0.1) is 0 Å². The first-order valence-corrected chi connectivity index (χ1v) is 10.2. The zero-order valence-electron chi connectivity index (χ0n) is 16.1. The lowest BCUT2D eigenvalue weighted by molar-refractivity contribution is 0.0923. The van der Waals surface area contributed by atoms with E-state index in [4.69, 9.17) is 16.0 Å². The number of nitrogens with one attached hydrogen (secondary N) is 1. The first-order chi connectivity index (χ1) is 14.2. The van der Waals surface area contributed by atoms with Gasteiger partial charge in [-0.1, -0.05) is 35.9 Å². The second-order valence-corrected chi connectivity index (χ2v) is 7.55. The molecule has 6 heteroatoms. The molecule has 1 fully saturated rings. The summed E-state index contributed by atoms with van der Waals surface area (Å²) in [6.45, 7) is 4.14. The van der Waals surface area contributed by atoms with Crippen LogP contribution in [0.25, 0.3) is 0 Å². The third-order valence-corrected chi connectivity index (χ3v) is 5.53. The maximum atomic E-state index is 12.6. The van der Waals surface area contributed by atoms with Crippen molar-refractivity contribution in [3.63, 3.8) is 0 Å². The lowest BCUT2D eigenvalue weighted by Crippen LogP contribution is -2.49. The molecule has 5 nitrogen and oxygen atoms in total. The van der Waals surface area contributed by atoms with Crippen molar-refractivity contribution in [2.75, 3.05) is 37.6 Å². The van der Waals surface area contributed by atoms with Crippen molar-refractivity contribution in [3.8, 4) is 0 Å². The highest BCUT2D eigenvalue weighted by Gasteiger charge is 2.27. The Bertz CT molecular complexity index is 922. The number of halogens is 1. The lowest BCUT2D eigenvalue weighted by Gasteiger charge is -2.39. The van der Waals surface area contributed by atoms with E-state index in [-0.39, 0.29) is 11.9 Å². The fourth-order valence-electron chi connectivity index (χ4n) is 3.74. The van der Waals surface area contributed by atoms with Crippen LogP contribution in [0, 0.1) is 0 Å². The first kappa shape index (κ1) is 19.6. The van der Waals surface area contributed by atoms with Crippen LogP contribution in [-0.4, -0.2) is 43.5 Å². The highest BCUT2D eigenvalue weighted by Crippen LogP contribution is 2.24. The van der Waals surface area contributed by atoms with Crippen molar-refractivity contribution in [3.05, 3.63) is 89.3 Å². The zero-order chi connectivity index (χ0) is 20.1. The summed E-state index contributed by atoms with van der Waals surface area (Å²) in [4.78, 5) is 17.3. The normalized spacial score (nSPS) is 15.8. The molecule has 0 aliphatic carbocycles. The van der Waals surface area contributed by atoms with Gasteiger partial charge in [0.1, 0.15) is 5.76 Å². The molecule has 1 atom stereocenters. The van der Waals surface area contributed by atoms with Crippen molar-refractivity contribution in [2.45, 2.75) is 6.04 Å². The predicted molar refractivity (Wildman–Crippen MR) is 115 cm³/mol. The molecule has 1 aliphatic rings. The number of hydrogen-bond donors (Lipinski definition) is 1. The fourth-order valence-corrected chi connectivity index (χ4v) is 3.93. The maximum absolute atomic E-state index is 12.6. The fraction of sp³-hybridized carbons (Fsp3) is 0.261. The molecule has 2 heterocycles. The average Bonchev–Trinajstić information content (AvgIpc) is 3.29. The summed E-state index contributed by atoms with van der Waals surface area (Å²) in [5.41, 5.74) is 1.81. The molecule has 1 aromatic heterocycles. The first-order valence-electron chi connectivity index (χ1n) is 9.82. The molecule has 1 N–H and O–H groups in total. The molecule has 0 unspecified atom stereocenters. The number of para-hydroxylation sites is 1. The highest BCUT2D eigenvalue weighted by atomic mass is 35.5. The number of piperazine rings is 1. The third-order valence-electron chi connectivity index (χ3n) is 5.29. The number of hydrogen-bond acceptors (Lipinski definition) is 4. The Morgan fingerprint density at radius 3 is 2.48 bits per heavy atom. The van der Waals surface area contributed by atoms with E-state index in [1.165, 1.54) is 5.69 Å². The largest absolute Gasteiger partial charge is 0.468 e. The Morgan fingerprint density at radius 1 is 1.00 bits per heavy atom. The second-order valence-electron chi connectivity index (χ2n) is 7.11. The van der Waals surface area contributed by atoms with Crippen molar-refractivity contribution in [1.29, 1.82) is 0 Å². The molecule has 1 aliphatic heterocycles. The van der Waals surface area contributed by atoms with Crippen LogP contribution in [0.15, 0.2) is 77.4 Å². The Hall–Kier alpha value is -2.76. The van der Waals surface area contributed by atoms with Crippen LogP contribution >= 0.6 is 11.6 Å². The summed E-state index contributed by atoms with van der Waals surface area (Å²) in [5.74, 6) is 0.733. The number of carbonyl (C=O) groups is 1. The van der Waals surface area contributed by atoms with Gasteiger partial charge in [0.15, 0.2) is 0 Å². The monoisotopic (exact) mass is 409 g/mol. The van der Waals surface area contributed by atoms with E-state index in [1.54, 1.807) is 30.5 Å². The van der Waals surface area contributed by atoms with E-state index in [0.29, 0.717) is 17.1 Å². The van der Waals surface area contributed by atoms with Crippen LogP contribution in [0.1, 0.15) is 22.2 Å². The highest BCUT2D eigenvalue weighted by molar-refractivity contribution is 6.30. The number of benzene rings is 2. The van der Waals surface area contributed by atoms with Crippen LogP contribution in [-0.2, 0) is 0 Å². The maximum Gasteiger partial charge on any atom is 0.251 e. The minimum Gasteiger partial charge on any atom is -0.468 e. The number of carbonyl (C=O) groups excluding carboxylic acids is 1. The average molecular weight is 410 g/mol. The van der Waals surface area contributed by atoms with E-state index in [0.717, 1.165) is 31.9 Å². The van der Waals surface area contributed by atoms with Crippen molar-refractivity contribution < 1.29 is 9.21 Å². The minimum absolute atomic E-state index is 0.00828. The summed E-state index contributed by atoms with van der Waals surface area (Å²) < 4.78 is 5.69. The minimum atomic E-state index is -0.132. The SMILES string of the molecule is O=C(NC[C@H](c1ccco1)N1CCN(c2ccccc2)CC1)c1cccc(Cl)c1. The van der Waals surface area contributed by atoms with Gasteiger partial charge in [-0.2, -0.15) is 0 Å². The molecule has 4 rings (SSSR count). The second kappa shape index (κ2) is 9.16. The number of furan rings is 1. The van der Waals surface area contributed by atoms with Gasteiger partial charge in [-0.3, -0.25) is 9.69 Å². The number of anilines is 1. The van der Waals surface area contributed by atoms with Crippen LogP contribution < -0.4 is 10.2 Å². The van der Waals surface area contributed by atoms with Crippen molar-refractivity contribution in [1.82, 2.24) is 10.2 Å². The van der Waals surface area contributed by atoms with E-state index >= 15 is 0 Å². The summed E-state index contributed by atoms with van der Waals surface area (Å²) in [7, 11) is 0. The van der Waals surface area contributed by atoms with Gasteiger partial charge in [-0.25, -0.2) is 0 Å². The molecule has 0 radical (unpaired) electrons. The standard InChI is InChI=1S/C23H24ClN3O2/c24-19-7-4-6-18(16-19)23(28)25-17-21(22-10-5-15-29-22)27-13-11-26(12-14-27)20-8-2-1-3-9-20/h1-10,15-16,21H,11-14,17H2,(H,25,28)/t21-/m1/s1. The zero-order valence-corrected chi connectivity index (χ0v) is 16.9. The number of rotatable bonds is 6. The molecule has 150 valence electrons. The Labute approximate surface area is 175 Å². The Kier molecular flexibility index (Phi) is 6.17. The number of amides is 1. The molecule has 1 amide bonds. The van der Waals surface area contributed by atoms with Gasteiger partial charge in [0, 0.05) is 49.0 Å². The molecule has 0 bridgehead atoms. The van der Waals surface area contributed by atoms with Gasteiger partial charge in [0.05, 0.1) is 12.3 Å². The molecule has 3 aromatic rings. The summed E-state index contributed by atoms with van der Waals surface area (Å²) in [5, 5.41) is 3.59. The molecule has 1 saturated heterocycles. The van der Waals surface area contributed by atoms with E-state index < -0.39 is 0 Å². The van der Waals surface area contributed by atoms with Gasteiger partial charge in [-0.05, 0) is 42.5 Å². The van der Waals surface area contributed by atoms with Gasteiger partial charge in [0.2, 0.25) is 0 Å². The van der Waals surface area contributed by atoms with E-state index in [1.807, 2.05) is 18.2 Å². The lowest BCUT2D eigenvalue weighted by atomic mass is 10.1. The predicted octanol–water partition coefficient (Wildman–Crippen LogP) is 4.23. The van der Waals surface area contributed by atoms with E-state index in [2.05, 4.69) is 39.4 Å². The topological polar surface area (TPSA) is 48.7 Å². The summed E-state index contributed by atoms with van der Waals surface area (Å²) in [6.07, 6.45) is 1.68. The number of nitrogens with zero attached hydrogens (tertiary/aromatic N) is 2. The quantitative estimate of drug-likeness (QED) is 0.662. The molecule has 0 saturated carbocycles. The summed E-state index contributed by atoms with van der Waals surface area (Å²) in [6, 6.07) is 21.3. The summed E-state index contributed by atoms with van der Waals surface area (Å²) >= 11 is 6.01.